The molecular formula is C11H19IO2. The molecule has 2 heterocycles. The average Bonchev–Trinajstić information content (AvgIpc) is 2.30. The first kappa shape index (κ1) is 11.1. The maximum atomic E-state index is 6.09. The van der Waals surface area contributed by atoms with Crippen LogP contribution in [-0.2, 0) is 9.47 Å². The number of alkyl halides is 1. The fourth-order valence-corrected chi connectivity index (χ4v) is 3.10. The van der Waals surface area contributed by atoms with Crippen LogP contribution in [0.2, 0.25) is 0 Å². The third kappa shape index (κ3) is 2.83. The van der Waals surface area contributed by atoms with E-state index in [0.29, 0.717) is 18.1 Å². The van der Waals surface area contributed by atoms with Crippen LogP contribution >= 0.6 is 22.6 Å². The molecule has 82 valence electrons. The summed E-state index contributed by atoms with van der Waals surface area (Å²) in [5, 5.41) is 0. The van der Waals surface area contributed by atoms with E-state index < -0.39 is 0 Å². The monoisotopic (exact) mass is 310 g/mol. The second-order valence-corrected chi connectivity index (χ2v) is 5.24. The third-order valence-electron chi connectivity index (χ3n) is 3.28. The molecule has 14 heavy (non-hydrogen) atoms. The van der Waals surface area contributed by atoms with E-state index in [-0.39, 0.29) is 0 Å². The lowest BCUT2D eigenvalue weighted by Crippen LogP contribution is -2.37. The summed E-state index contributed by atoms with van der Waals surface area (Å²) in [6, 6.07) is 0. The van der Waals surface area contributed by atoms with Gasteiger partial charge in [0.1, 0.15) is 0 Å². The van der Waals surface area contributed by atoms with Crippen molar-refractivity contribution >= 4 is 22.6 Å². The molecule has 0 aromatic carbocycles. The molecule has 2 aliphatic heterocycles. The van der Waals surface area contributed by atoms with Gasteiger partial charge < -0.3 is 9.47 Å². The molecule has 3 unspecified atom stereocenters. The summed E-state index contributed by atoms with van der Waals surface area (Å²) in [5.41, 5.74) is 0. The van der Waals surface area contributed by atoms with E-state index in [1.807, 2.05) is 0 Å². The Kier molecular flexibility index (Phi) is 4.50. The zero-order valence-corrected chi connectivity index (χ0v) is 10.7. The van der Waals surface area contributed by atoms with E-state index in [1.54, 1.807) is 0 Å². The van der Waals surface area contributed by atoms with Crippen LogP contribution in [0.1, 0.15) is 32.1 Å². The molecule has 0 bridgehead atoms. The van der Waals surface area contributed by atoms with Crippen molar-refractivity contribution in [2.75, 3.05) is 17.6 Å². The second kappa shape index (κ2) is 5.66. The van der Waals surface area contributed by atoms with Crippen LogP contribution in [0.25, 0.3) is 0 Å². The lowest BCUT2D eigenvalue weighted by atomic mass is 9.90. The van der Waals surface area contributed by atoms with Gasteiger partial charge in [-0.15, -0.1) is 0 Å². The highest BCUT2D eigenvalue weighted by Crippen LogP contribution is 2.29. The molecule has 2 nitrogen and oxygen atoms in total. The van der Waals surface area contributed by atoms with Gasteiger partial charge in [0.2, 0.25) is 0 Å². The van der Waals surface area contributed by atoms with Crippen molar-refractivity contribution in [1.82, 2.24) is 0 Å². The fourth-order valence-electron chi connectivity index (χ4n) is 2.45. The molecule has 0 aliphatic carbocycles. The summed E-state index contributed by atoms with van der Waals surface area (Å²) in [4.78, 5) is 0. The normalized spacial score (nSPS) is 39.6. The van der Waals surface area contributed by atoms with Crippen LogP contribution in [0, 0.1) is 5.92 Å². The zero-order valence-electron chi connectivity index (χ0n) is 8.58. The molecule has 2 saturated heterocycles. The summed E-state index contributed by atoms with van der Waals surface area (Å²) in [5.74, 6) is 0.675. The first-order valence-electron chi connectivity index (χ1n) is 5.69. The van der Waals surface area contributed by atoms with Crippen LogP contribution in [-0.4, -0.2) is 29.8 Å². The Hall–Kier alpha value is 0.650. The summed E-state index contributed by atoms with van der Waals surface area (Å²) in [6.07, 6.45) is 7.38. The summed E-state index contributed by atoms with van der Waals surface area (Å²) < 4.78 is 12.8. The van der Waals surface area contributed by atoms with Crippen LogP contribution < -0.4 is 0 Å². The van der Waals surface area contributed by atoms with Gasteiger partial charge in [0.25, 0.3) is 0 Å². The number of hydrogen-bond acceptors (Lipinski definition) is 2. The highest BCUT2D eigenvalue weighted by Gasteiger charge is 2.29. The average molecular weight is 310 g/mol. The van der Waals surface area contributed by atoms with E-state index >= 15 is 0 Å². The van der Waals surface area contributed by atoms with Gasteiger partial charge in [-0.05, 0) is 32.1 Å². The molecule has 2 aliphatic rings. The minimum absolute atomic E-state index is 0.490. The maximum absolute atomic E-state index is 6.09. The van der Waals surface area contributed by atoms with E-state index in [4.69, 9.17) is 9.47 Å². The van der Waals surface area contributed by atoms with E-state index in [2.05, 4.69) is 22.6 Å². The van der Waals surface area contributed by atoms with Crippen molar-refractivity contribution in [2.24, 2.45) is 5.92 Å². The van der Waals surface area contributed by atoms with E-state index in [9.17, 15) is 0 Å². The first-order chi connectivity index (χ1) is 6.90. The first-order valence-corrected chi connectivity index (χ1v) is 7.22. The molecule has 0 aromatic heterocycles. The Labute approximate surface area is 99.9 Å². The largest absolute Gasteiger partial charge is 0.381 e. The molecule has 3 atom stereocenters. The van der Waals surface area contributed by atoms with Gasteiger partial charge in [0, 0.05) is 17.0 Å². The standard InChI is InChI=1S/C11H19IO2/c12-7-10-4-1-5-11(14-10)9-3-2-6-13-8-9/h9-11H,1-8H2. The van der Waals surface area contributed by atoms with Crippen LogP contribution in [0.15, 0.2) is 0 Å². The third-order valence-corrected chi connectivity index (χ3v) is 4.26. The Bertz CT molecular complexity index is 169. The van der Waals surface area contributed by atoms with Crippen LogP contribution in [0.5, 0.6) is 0 Å². The number of ether oxygens (including phenoxy) is 2. The smallest absolute Gasteiger partial charge is 0.0668 e. The topological polar surface area (TPSA) is 18.5 Å². The van der Waals surface area contributed by atoms with Gasteiger partial charge >= 0.3 is 0 Å². The van der Waals surface area contributed by atoms with E-state index in [0.717, 1.165) is 17.6 Å². The van der Waals surface area contributed by atoms with Gasteiger partial charge in [0.15, 0.2) is 0 Å². The fraction of sp³-hybridized carbons (Fsp3) is 1.00. The summed E-state index contributed by atoms with van der Waals surface area (Å²) >= 11 is 2.43. The SMILES string of the molecule is ICC1CCCC(C2CCCOC2)O1. The van der Waals surface area contributed by atoms with Crippen molar-refractivity contribution in [3.8, 4) is 0 Å². The highest BCUT2D eigenvalue weighted by molar-refractivity contribution is 14.1. The lowest BCUT2D eigenvalue weighted by molar-refractivity contribution is -0.0966. The Morgan fingerprint density at radius 1 is 1.14 bits per heavy atom. The molecule has 0 spiro atoms. The zero-order chi connectivity index (χ0) is 9.80. The van der Waals surface area contributed by atoms with Crippen molar-refractivity contribution < 1.29 is 9.47 Å². The number of hydrogen-bond donors (Lipinski definition) is 0. The van der Waals surface area contributed by atoms with Gasteiger partial charge in [0.05, 0.1) is 18.8 Å². The van der Waals surface area contributed by atoms with Crippen molar-refractivity contribution in [1.29, 1.82) is 0 Å². The molecule has 0 radical (unpaired) electrons. The molecule has 2 fully saturated rings. The Balaban J connectivity index is 1.83. The maximum Gasteiger partial charge on any atom is 0.0668 e. The predicted molar refractivity (Wildman–Crippen MR) is 64.9 cm³/mol. The number of halogens is 1. The predicted octanol–water partition coefficient (Wildman–Crippen LogP) is 2.79. The molecule has 0 amide bonds. The van der Waals surface area contributed by atoms with E-state index in [1.165, 1.54) is 32.1 Å². The van der Waals surface area contributed by atoms with Gasteiger partial charge in [-0.25, -0.2) is 0 Å². The van der Waals surface area contributed by atoms with Gasteiger partial charge in [-0.2, -0.15) is 0 Å². The van der Waals surface area contributed by atoms with Crippen molar-refractivity contribution in [3.05, 3.63) is 0 Å². The highest BCUT2D eigenvalue weighted by atomic mass is 127. The summed E-state index contributed by atoms with van der Waals surface area (Å²) in [6.45, 7) is 1.89. The second-order valence-electron chi connectivity index (χ2n) is 4.36. The Morgan fingerprint density at radius 3 is 2.79 bits per heavy atom. The molecule has 2 rings (SSSR count). The van der Waals surface area contributed by atoms with Gasteiger partial charge in [-0.1, -0.05) is 22.6 Å². The minimum Gasteiger partial charge on any atom is -0.381 e. The van der Waals surface area contributed by atoms with Crippen LogP contribution in [0.3, 0.4) is 0 Å². The minimum atomic E-state index is 0.490. The van der Waals surface area contributed by atoms with Crippen molar-refractivity contribution in [2.45, 2.75) is 44.3 Å². The summed E-state index contributed by atoms with van der Waals surface area (Å²) in [7, 11) is 0. The molecule has 0 saturated carbocycles. The van der Waals surface area contributed by atoms with Crippen LogP contribution in [0.4, 0.5) is 0 Å². The quantitative estimate of drug-likeness (QED) is 0.577. The lowest BCUT2D eigenvalue weighted by Gasteiger charge is -2.36. The molecule has 0 N–H and O–H groups in total. The van der Waals surface area contributed by atoms with Gasteiger partial charge in [-0.3, -0.25) is 0 Å². The molecular weight excluding hydrogens is 291 g/mol. The van der Waals surface area contributed by atoms with Crippen molar-refractivity contribution in [3.63, 3.8) is 0 Å². The number of rotatable bonds is 2. The molecule has 3 heteroatoms. The molecule has 0 aromatic rings. The Morgan fingerprint density at radius 2 is 2.07 bits per heavy atom.